The first-order valence-electron chi connectivity index (χ1n) is 5.25. The molecule has 3 heterocycles. The molecule has 4 heteroatoms. The molecule has 0 N–H and O–H groups in total. The highest BCUT2D eigenvalue weighted by Crippen LogP contribution is 2.30. The van der Waals surface area contributed by atoms with Crippen LogP contribution in [0.3, 0.4) is 0 Å². The zero-order chi connectivity index (χ0) is 10.3. The molecule has 1 amide bonds. The van der Waals surface area contributed by atoms with Crippen LogP contribution in [0.5, 0.6) is 0 Å². The first-order chi connectivity index (χ1) is 7.34. The van der Waals surface area contributed by atoms with Crippen LogP contribution in [0.4, 0.5) is 0 Å². The number of amides is 1. The Morgan fingerprint density at radius 1 is 1.40 bits per heavy atom. The summed E-state index contributed by atoms with van der Waals surface area (Å²) in [7, 11) is 0. The molecule has 2 fully saturated rings. The van der Waals surface area contributed by atoms with Gasteiger partial charge in [-0.1, -0.05) is 6.07 Å². The molecule has 0 aliphatic carbocycles. The Bertz CT molecular complexity index is 351. The topological polar surface area (TPSA) is 29.5 Å². The average molecular weight is 223 g/mol. The molecule has 80 valence electrons. The smallest absolute Gasteiger partial charge is 0.263 e. The monoisotopic (exact) mass is 223 g/mol. The highest BCUT2D eigenvalue weighted by molar-refractivity contribution is 7.12. The minimum Gasteiger partial charge on any atom is -0.381 e. The van der Waals surface area contributed by atoms with Gasteiger partial charge < -0.3 is 9.64 Å². The van der Waals surface area contributed by atoms with Gasteiger partial charge in [0.15, 0.2) is 0 Å². The van der Waals surface area contributed by atoms with Gasteiger partial charge in [0.2, 0.25) is 0 Å². The quantitative estimate of drug-likeness (QED) is 0.721. The Morgan fingerprint density at radius 3 is 2.73 bits per heavy atom. The fraction of sp³-hybridized carbons (Fsp3) is 0.545. The van der Waals surface area contributed by atoms with Gasteiger partial charge in [0.05, 0.1) is 18.1 Å². The van der Waals surface area contributed by atoms with Gasteiger partial charge in [-0.2, -0.15) is 0 Å². The van der Waals surface area contributed by atoms with Gasteiger partial charge in [-0.25, -0.2) is 0 Å². The largest absolute Gasteiger partial charge is 0.381 e. The van der Waals surface area contributed by atoms with Crippen LogP contribution < -0.4 is 0 Å². The van der Waals surface area contributed by atoms with Crippen molar-refractivity contribution in [2.45, 2.75) is 0 Å². The Kier molecular flexibility index (Phi) is 2.25. The molecule has 2 atom stereocenters. The van der Waals surface area contributed by atoms with E-state index < -0.39 is 0 Å². The molecule has 0 radical (unpaired) electrons. The lowest BCUT2D eigenvalue weighted by Crippen LogP contribution is -2.29. The number of carbonyl (C=O) groups is 1. The molecule has 1 aromatic rings. The molecule has 0 saturated carbocycles. The van der Waals surface area contributed by atoms with Gasteiger partial charge in [-0.3, -0.25) is 4.79 Å². The summed E-state index contributed by atoms with van der Waals surface area (Å²) in [6.07, 6.45) is 0. The van der Waals surface area contributed by atoms with Crippen molar-refractivity contribution in [3.05, 3.63) is 22.4 Å². The fourth-order valence-corrected chi connectivity index (χ4v) is 3.10. The molecule has 0 aromatic carbocycles. The molecule has 2 aliphatic heterocycles. The normalized spacial score (nSPS) is 29.5. The van der Waals surface area contributed by atoms with E-state index >= 15 is 0 Å². The van der Waals surface area contributed by atoms with Crippen LogP contribution in [0.1, 0.15) is 9.67 Å². The molecular weight excluding hydrogens is 210 g/mol. The summed E-state index contributed by atoms with van der Waals surface area (Å²) in [5, 5.41) is 1.95. The van der Waals surface area contributed by atoms with E-state index in [1.54, 1.807) is 0 Å². The molecule has 1 aromatic heterocycles. The fourth-order valence-electron chi connectivity index (χ4n) is 2.41. The van der Waals surface area contributed by atoms with Crippen molar-refractivity contribution >= 4 is 17.2 Å². The van der Waals surface area contributed by atoms with Gasteiger partial charge in [-0.05, 0) is 11.4 Å². The molecule has 0 unspecified atom stereocenters. The summed E-state index contributed by atoms with van der Waals surface area (Å²) in [5.74, 6) is 1.35. The lowest BCUT2D eigenvalue weighted by molar-refractivity contribution is 0.0756. The lowest BCUT2D eigenvalue weighted by atomic mass is 10.0. The van der Waals surface area contributed by atoms with E-state index in [9.17, 15) is 4.79 Å². The highest BCUT2D eigenvalue weighted by Gasteiger charge is 2.39. The van der Waals surface area contributed by atoms with Crippen LogP contribution >= 0.6 is 11.3 Å². The van der Waals surface area contributed by atoms with Crippen LogP contribution in [0, 0.1) is 11.8 Å². The minimum absolute atomic E-state index is 0.194. The van der Waals surface area contributed by atoms with Gasteiger partial charge in [-0.15, -0.1) is 11.3 Å². The summed E-state index contributed by atoms with van der Waals surface area (Å²) in [4.78, 5) is 14.9. The second-order valence-corrected chi connectivity index (χ2v) is 5.19. The Balaban J connectivity index is 1.72. The number of ether oxygens (including phenoxy) is 1. The summed E-state index contributed by atoms with van der Waals surface area (Å²) < 4.78 is 5.39. The molecule has 0 bridgehead atoms. The number of fused-ring (bicyclic) bond motifs is 1. The average Bonchev–Trinajstić information content (AvgIpc) is 2.92. The predicted molar refractivity (Wildman–Crippen MR) is 58.0 cm³/mol. The van der Waals surface area contributed by atoms with Crippen molar-refractivity contribution in [2.75, 3.05) is 26.3 Å². The third-order valence-corrected chi connectivity index (χ3v) is 4.12. The van der Waals surface area contributed by atoms with Gasteiger partial charge in [0.1, 0.15) is 0 Å². The molecule has 0 spiro atoms. The first-order valence-corrected chi connectivity index (χ1v) is 6.13. The lowest BCUT2D eigenvalue weighted by Gasteiger charge is -2.16. The van der Waals surface area contributed by atoms with Crippen LogP contribution in [-0.4, -0.2) is 37.1 Å². The second-order valence-electron chi connectivity index (χ2n) is 4.25. The third-order valence-electron chi connectivity index (χ3n) is 3.26. The number of likely N-dealkylation sites (tertiary alicyclic amines) is 1. The zero-order valence-electron chi connectivity index (χ0n) is 8.39. The molecule has 15 heavy (non-hydrogen) atoms. The number of nitrogens with zero attached hydrogens (tertiary/aromatic N) is 1. The van der Waals surface area contributed by atoms with E-state index in [1.807, 2.05) is 22.4 Å². The minimum atomic E-state index is 0.194. The molecule has 2 aliphatic rings. The summed E-state index contributed by atoms with van der Waals surface area (Å²) in [5.41, 5.74) is 0. The predicted octanol–water partition coefficient (Wildman–Crippen LogP) is 1.47. The van der Waals surface area contributed by atoms with Crippen LogP contribution in [-0.2, 0) is 4.74 Å². The van der Waals surface area contributed by atoms with Gasteiger partial charge >= 0.3 is 0 Å². The van der Waals surface area contributed by atoms with E-state index in [1.165, 1.54) is 11.3 Å². The maximum absolute atomic E-state index is 12.0. The van der Waals surface area contributed by atoms with Crippen molar-refractivity contribution in [1.82, 2.24) is 4.90 Å². The first kappa shape index (κ1) is 9.36. The molecular formula is C11H13NO2S. The van der Waals surface area contributed by atoms with Crippen LogP contribution in [0.15, 0.2) is 17.5 Å². The number of rotatable bonds is 1. The van der Waals surface area contributed by atoms with Crippen molar-refractivity contribution in [2.24, 2.45) is 11.8 Å². The maximum Gasteiger partial charge on any atom is 0.263 e. The maximum atomic E-state index is 12.0. The second kappa shape index (κ2) is 3.61. The van der Waals surface area contributed by atoms with E-state index in [-0.39, 0.29) is 5.91 Å². The summed E-state index contributed by atoms with van der Waals surface area (Å²) in [6.45, 7) is 3.42. The van der Waals surface area contributed by atoms with E-state index in [0.29, 0.717) is 11.8 Å². The zero-order valence-corrected chi connectivity index (χ0v) is 9.20. The number of hydrogen-bond donors (Lipinski definition) is 0. The molecule has 3 nitrogen and oxygen atoms in total. The van der Waals surface area contributed by atoms with Gasteiger partial charge in [0.25, 0.3) is 5.91 Å². The van der Waals surface area contributed by atoms with Crippen LogP contribution in [0.25, 0.3) is 0 Å². The Morgan fingerprint density at radius 2 is 2.13 bits per heavy atom. The Labute approximate surface area is 92.6 Å². The summed E-state index contributed by atoms with van der Waals surface area (Å²) in [6, 6.07) is 3.83. The van der Waals surface area contributed by atoms with Gasteiger partial charge in [0, 0.05) is 24.9 Å². The Hall–Kier alpha value is -0.870. The standard InChI is InChI=1S/C11H13NO2S/c13-11(10-2-1-3-15-10)12-4-8-6-14-7-9(8)5-12/h1-3,8-9H,4-7H2/t8-,9+. The summed E-state index contributed by atoms with van der Waals surface area (Å²) >= 11 is 1.52. The number of hydrogen-bond acceptors (Lipinski definition) is 3. The van der Waals surface area contributed by atoms with Crippen molar-refractivity contribution in [1.29, 1.82) is 0 Å². The SMILES string of the molecule is O=C(c1cccs1)N1C[C@H]2COC[C@H]2C1. The number of carbonyl (C=O) groups excluding carboxylic acids is 1. The van der Waals surface area contributed by atoms with E-state index in [2.05, 4.69) is 0 Å². The van der Waals surface area contributed by atoms with Crippen molar-refractivity contribution in [3.63, 3.8) is 0 Å². The highest BCUT2D eigenvalue weighted by atomic mass is 32.1. The third kappa shape index (κ3) is 1.58. The van der Waals surface area contributed by atoms with Crippen molar-refractivity contribution < 1.29 is 9.53 Å². The van der Waals surface area contributed by atoms with E-state index in [0.717, 1.165) is 31.2 Å². The molecule has 2 saturated heterocycles. The van der Waals surface area contributed by atoms with E-state index in [4.69, 9.17) is 4.74 Å². The van der Waals surface area contributed by atoms with Crippen LogP contribution in [0.2, 0.25) is 0 Å². The van der Waals surface area contributed by atoms with Crippen molar-refractivity contribution in [3.8, 4) is 0 Å². The molecule has 3 rings (SSSR count). The number of thiophene rings is 1.